The van der Waals surface area contributed by atoms with Gasteiger partial charge in [0.25, 0.3) is 0 Å². The molecule has 1 aromatic heterocycles. The lowest BCUT2D eigenvalue weighted by molar-refractivity contribution is -0.138. The van der Waals surface area contributed by atoms with Crippen LogP contribution in [0.2, 0.25) is 0 Å². The summed E-state index contributed by atoms with van der Waals surface area (Å²) < 4.78 is 39.2. The van der Waals surface area contributed by atoms with Gasteiger partial charge in [-0.2, -0.15) is 18.4 Å². The van der Waals surface area contributed by atoms with Crippen molar-refractivity contribution in [3.63, 3.8) is 0 Å². The normalized spacial score (nSPS) is 11.3. The Balaban J connectivity index is 2.28. The zero-order valence-corrected chi connectivity index (χ0v) is 14.1. The molecule has 0 amide bonds. The maximum absolute atomic E-state index is 13.1. The van der Waals surface area contributed by atoms with Crippen LogP contribution in [0.25, 0.3) is 0 Å². The van der Waals surface area contributed by atoms with E-state index in [1.165, 1.54) is 6.92 Å². The molecule has 0 radical (unpaired) electrons. The van der Waals surface area contributed by atoms with Crippen LogP contribution in [0.4, 0.5) is 13.2 Å². The van der Waals surface area contributed by atoms with Gasteiger partial charge in [0.05, 0.1) is 11.1 Å². The number of benzene rings is 1. The van der Waals surface area contributed by atoms with Crippen LogP contribution in [-0.4, -0.2) is 11.2 Å². The van der Waals surface area contributed by atoms with E-state index < -0.39 is 17.3 Å². The van der Waals surface area contributed by atoms with Crippen LogP contribution < -0.4 is 0 Å². The second-order valence-corrected chi connectivity index (χ2v) is 6.58. The van der Waals surface area contributed by atoms with Gasteiger partial charge >= 0.3 is 6.18 Å². The monoisotopic (exact) mass is 354 g/mol. The molecule has 0 spiro atoms. The molecule has 0 aliphatic heterocycles. The van der Waals surface area contributed by atoms with Crippen LogP contribution in [0.3, 0.4) is 0 Å². The summed E-state index contributed by atoms with van der Waals surface area (Å²) in [7, 11) is 0. The highest BCUT2D eigenvalue weighted by Gasteiger charge is 2.35. The summed E-state index contributed by atoms with van der Waals surface area (Å²) in [6.07, 6.45) is -2.59. The first-order chi connectivity index (χ1) is 10.8. The number of pyridine rings is 1. The molecule has 0 atom stereocenters. The van der Waals surface area contributed by atoms with E-state index in [1.54, 1.807) is 17.8 Å². The first-order valence-corrected chi connectivity index (χ1v) is 8.81. The molecule has 0 fully saturated rings. The number of nitriles is 1. The summed E-state index contributed by atoms with van der Waals surface area (Å²) >= 11 is 2.76. The van der Waals surface area contributed by atoms with Crippen molar-refractivity contribution < 1.29 is 13.2 Å². The van der Waals surface area contributed by atoms with E-state index >= 15 is 0 Å². The molecule has 0 aliphatic rings. The highest BCUT2D eigenvalue weighted by Crippen LogP contribution is 2.36. The van der Waals surface area contributed by atoms with Crippen LogP contribution in [0, 0.1) is 18.3 Å². The van der Waals surface area contributed by atoms with Crippen LogP contribution in [0.5, 0.6) is 0 Å². The van der Waals surface area contributed by atoms with Gasteiger partial charge in [-0.25, -0.2) is 4.98 Å². The zero-order valence-electron chi connectivity index (χ0n) is 12.4. The van der Waals surface area contributed by atoms with E-state index in [9.17, 15) is 13.2 Å². The molecule has 1 heterocycles. The zero-order chi connectivity index (χ0) is 17.0. The highest BCUT2D eigenvalue weighted by molar-refractivity contribution is 7.98. The largest absolute Gasteiger partial charge is 0.417 e. The van der Waals surface area contributed by atoms with Crippen molar-refractivity contribution in [2.75, 3.05) is 6.26 Å². The number of alkyl halides is 3. The van der Waals surface area contributed by atoms with Crippen molar-refractivity contribution in [1.29, 1.82) is 5.26 Å². The summed E-state index contributed by atoms with van der Waals surface area (Å²) in [5.74, 6) is 0.455. The molecular formula is C16H13F3N2S2. The molecule has 1 aromatic carbocycles. The minimum Gasteiger partial charge on any atom is -0.245 e. The third kappa shape index (κ3) is 4.43. The van der Waals surface area contributed by atoms with Gasteiger partial charge in [-0.3, -0.25) is 0 Å². The lowest BCUT2D eigenvalue weighted by Gasteiger charge is -2.12. The van der Waals surface area contributed by atoms with E-state index in [1.807, 2.05) is 30.5 Å². The minimum absolute atomic E-state index is 0.119. The van der Waals surface area contributed by atoms with Crippen molar-refractivity contribution in [3.05, 3.63) is 52.7 Å². The molecule has 0 unspecified atom stereocenters. The average Bonchev–Trinajstić information content (AvgIpc) is 2.52. The Morgan fingerprint density at radius 3 is 2.39 bits per heavy atom. The summed E-state index contributed by atoms with van der Waals surface area (Å²) in [6.45, 7) is 1.49. The number of aryl methyl sites for hydroxylation is 1. The Labute approximate surface area is 141 Å². The Bertz CT molecular complexity index is 735. The molecule has 2 rings (SSSR count). The van der Waals surface area contributed by atoms with Crippen molar-refractivity contribution in [2.45, 2.75) is 28.8 Å². The van der Waals surface area contributed by atoms with Gasteiger partial charge in [-0.15, -0.1) is 23.5 Å². The van der Waals surface area contributed by atoms with Crippen LogP contribution in [0.1, 0.15) is 22.4 Å². The molecule has 23 heavy (non-hydrogen) atoms. The van der Waals surface area contributed by atoms with E-state index in [4.69, 9.17) is 5.26 Å². The summed E-state index contributed by atoms with van der Waals surface area (Å²) in [5.41, 5.74) is -0.119. The number of nitrogens with zero attached hydrogens (tertiary/aromatic N) is 2. The molecule has 0 saturated carbocycles. The average molecular weight is 354 g/mol. The third-order valence-electron chi connectivity index (χ3n) is 3.07. The molecule has 120 valence electrons. The summed E-state index contributed by atoms with van der Waals surface area (Å²) in [6, 6.07) is 10.3. The van der Waals surface area contributed by atoms with Crippen molar-refractivity contribution in [2.24, 2.45) is 0 Å². The highest BCUT2D eigenvalue weighted by atomic mass is 32.2. The van der Waals surface area contributed by atoms with Crippen LogP contribution in [-0.2, 0) is 11.9 Å². The number of rotatable bonds is 4. The topological polar surface area (TPSA) is 36.7 Å². The van der Waals surface area contributed by atoms with Gasteiger partial charge in [0, 0.05) is 16.3 Å². The van der Waals surface area contributed by atoms with E-state index in [0.717, 1.165) is 28.3 Å². The van der Waals surface area contributed by atoms with Gasteiger partial charge in [0.1, 0.15) is 11.1 Å². The number of hydrogen-bond acceptors (Lipinski definition) is 4. The fraction of sp³-hybridized carbons (Fsp3) is 0.250. The van der Waals surface area contributed by atoms with Crippen molar-refractivity contribution >= 4 is 23.5 Å². The molecule has 0 aliphatic carbocycles. The van der Waals surface area contributed by atoms with Gasteiger partial charge in [-0.05, 0) is 36.9 Å². The summed E-state index contributed by atoms with van der Waals surface area (Å²) in [4.78, 5) is 5.22. The number of thioether (sulfide) groups is 2. The van der Waals surface area contributed by atoms with E-state index in [2.05, 4.69) is 4.98 Å². The molecule has 0 bridgehead atoms. The second kappa shape index (κ2) is 7.28. The Morgan fingerprint density at radius 1 is 1.22 bits per heavy atom. The standard InChI is InChI=1S/C16H13F3N2S2/c1-10-7-14(16(17,18)19)13(8-20)15(21-10)23-9-11-3-5-12(22-2)6-4-11/h3-7H,9H2,1-2H3. The van der Waals surface area contributed by atoms with Crippen LogP contribution >= 0.6 is 23.5 Å². The maximum Gasteiger partial charge on any atom is 0.417 e. The molecule has 0 N–H and O–H groups in total. The number of aromatic nitrogens is 1. The predicted molar refractivity (Wildman–Crippen MR) is 86.5 cm³/mol. The molecular weight excluding hydrogens is 341 g/mol. The number of halogens is 3. The molecule has 7 heteroatoms. The van der Waals surface area contributed by atoms with E-state index in [0.29, 0.717) is 5.75 Å². The first-order valence-electron chi connectivity index (χ1n) is 6.60. The fourth-order valence-corrected chi connectivity index (χ4v) is 3.37. The Hall–Kier alpha value is -1.65. The maximum atomic E-state index is 13.1. The lowest BCUT2D eigenvalue weighted by atomic mass is 10.1. The predicted octanol–water partition coefficient (Wildman–Crippen LogP) is 5.29. The Morgan fingerprint density at radius 2 is 1.87 bits per heavy atom. The quantitative estimate of drug-likeness (QED) is 0.699. The van der Waals surface area contributed by atoms with Crippen molar-refractivity contribution in [1.82, 2.24) is 4.98 Å². The lowest BCUT2D eigenvalue weighted by Crippen LogP contribution is -2.10. The van der Waals surface area contributed by atoms with Gasteiger partial charge in [-0.1, -0.05) is 12.1 Å². The van der Waals surface area contributed by atoms with Gasteiger partial charge < -0.3 is 0 Å². The molecule has 2 nitrogen and oxygen atoms in total. The SMILES string of the molecule is CSc1ccc(CSc2nc(C)cc(C(F)(F)F)c2C#N)cc1. The van der Waals surface area contributed by atoms with Gasteiger partial charge in [0.15, 0.2) is 0 Å². The van der Waals surface area contributed by atoms with Crippen molar-refractivity contribution in [3.8, 4) is 6.07 Å². The smallest absolute Gasteiger partial charge is 0.245 e. The number of hydrogen-bond donors (Lipinski definition) is 0. The molecule has 0 saturated heterocycles. The summed E-state index contributed by atoms with van der Waals surface area (Å²) in [5, 5.41) is 9.23. The Kier molecular flexibility index (Phi) is 5.60. The van der Waals surface area contributed by atoms with Crippen LogP contribution in [0.15, 0.2) is 40.3 Å². The van der Waals surface area contributed by atoms with Gasteiger partial charge in [0.2, 0.25) is 0 Å². The third-order valence-corrected chi connectivity index (χ3v) is 4.86. The first kappa shape index (κ1) is 17.7. The second-order valence-electron chi connectivity index (χ2n) is 4.74. The minimum atomic E-state index is -4.56. The molecule has 2 aromatic rings. The van der Waals surface area contributed by atoms with E-state index in [-0.39, 0.29) is 10.7 Å². The fourth-order valence-electron chi connectivity index (χ4n) is 1.95.